The van der Waals surface area contributed by atoms with Crippen LogP contribution in [-0.2, 0) is 33.8 Å². The van der Waals surface area contributed by atoms with E-state index < -0.39 is 0 Å². The number of amides is 2. The van der Waals surface area contributed by atoms with E-state index >= 15 is 0 Å². The van der Waals surface area contributed by atoms with Gasteiger partial charge >= 0.3 is 0 Å². The molecule has 0 aliphatic rings. The Balaban J connectivity index is 1.99. The first kappa shape index (κ1) is 23.2. The second kappa shape index (κ2) is 10.7. The molecule has 3 aromatic rings. The zero-order valence-electron chi connectivity index (χ0n) is 18.9. The average molecular weight is 435 g/mol. The summed E-state index contributed by atoms with van der Waals surface area (Å²) in [5.41, 5.74) is 4.60. The number of nitrogens with one attached hydrogen (secondary N) is 1. The number of hydrogen-bond donors (Lipinski definition) is 1. The third-order valence-corrected chi connectivity index (χ3v) is 5.33. The molecule has 0 unspecified atom stereocenters. The number of para-hydroxylation sites is 3. The quantitative estimate of drug-likeness (QED) is 0.390. The lowest BCUT2D eigenvalue weighted by molar-refractivity contribution is -0.120. The van der Waals surface area contributed by atoms with Crippen molar-refractivity contribution in [3.8, 4) is 0 Å². The number of carbonyl (C=O) groups is 2. The van der Waals surface area contributed by atoms with Crippen LogP contribution in [0, 0.1) is 6.92 Å². The summed E-state index contributed by atoms with van der Waals surface area (Å²) < 4.78 is 7.52. The third-order valence-electron chi connectivity index (χ3n) is 5.33. The number of imidazole rings is 1. The van der Waals surface area contributed by atoms with E-state index in [-0.39, 0.29) is 31.6 Å². The van der Waals surface area contributed by atoms with Gasteiger partial charge in [-0.3, -0.25) is 14.5 Å². The Hall–Kier alpha value is -3.45. The maximum atomic E-state index is 13.6. The first-order valence-corrected chi connectivity index (χ1v) is 10.8. The first-order valence-electron chi connectivity index (χ1n) is 10.8. The number of benzene rings is 2. The van der Waals surface area contributed by atoms with Crippen LogP contribution >= 0.6 is 0 Å². The van der Waals surface area contributed by atoms with E-state index in [0.717, 1.165) is 34.3 Å². The smallest absolute Gasteiger partial charge is 0.248 e. The standard InChI is InChI=1S/C25H30N4O3/c1-5-19-12-10-11-18(4)25(19)29(17-32-7-3)24(31)16-28-21-14-9-8-13-20(21)27-22(28)15-26-23(30)6-2/h6,8-14H,2,5,7,15-17H2,1,3-4H3,(H,26,30). The molecule has 0 saturated carbocycles. The van der Waals surface area contributed by atoms with Gasteiger partial charge in [-0.25, -0.2) is 4.98 Å². The maximum Gasteiger partial charge on any atom is 0.248 e. The van der Waals surface area contributed by atoms with Crippen molar-refractivity contribution in [3.63, 3.8) is 0 Å². The summed E-state index contributed by atoms with van der Waals surface area (Å²) in [6.45, 7) is 10.4. The van der Waals surface area contributed by atoms with Crippen LogP contribution in [0.5, 0.6) is 0 Å². The number of anilines is 1. The summed E-state index contributed by atoms with van der Waals surface area (Å²) in [5.74, 6) is 0.203. The number of ether oxygens (including phenoxy) is 1. The first-order chi connectivity index (χ1) is 15.5. The van der Waals surface area contributed by atoms with E-state index in [9.17, 15) is 9.59 Å². The molecule has 0 atom stereocenters. The fraction of sp³-hybridized carbons (Fsp3) is 0.320. The highest BCUT2D eigenvalue weighted by Gasteiger charge is 2.23. The van der Waals surface area contributed by atoms with Crippen molar-refractivity contribution in [3.05, 3.63) is 72.1 Å². The number of carbonyl (C=O) groups excluding carboxylic acids is 2. The van der Waals surface area contributed by atoms with Crippen LogP contribution in [-0.4, -0.2) is 34.7 Å². The van der Waals surface area contributed by atoms with Gasteiger partial charge in [-0.15, -0.1) is 0 Å². The van der Waals surface area contributed by atoms with Crippen molar-refractivity contribution in [2.75, 3.05) is 18.2 Å². The Bertz CT molecular complexity index is 1120. The zero-order valence-corrected chi connectivity index (χ0v) is 18.9. The number of aromatic nitrogens is 2. The molecule has 1 N–H and O–H groups in total. The number of nitrogens with zero attached hydrogens (tertiary/aromatic N) is 3. The van der Waals surface area contributed by atoms with E-state index in [1.54, 1.807) is 4.90 Å². The lowest BCUT2D eigenvalue weighted by atomic mass is 10.0. The van der Waals surface area contributed by atoms with Crippen LogP contribution in [0.15, 0.2) is 55.1 Å². The van der Waals surface area contributed by atoms with Crippen molar-refractivity contribution < 1.29 is 14.3 Å². The molecule has 0 aliphatic heterocycles. The van der Waals surface area contributed by atoms with Crippen LogP contribution in [0.3, 0.4) is 0 Å². The molecule has 1 aromatic heterocycles. The Morgan fingerprint density at radius 2 is 1.97 bits per heavy atom. The van der Waals surface area contributed by atoms with Gasteiger partial charge in [-0.2, -0.15) is 0 Å². The summed E-state index contributed by atoms with van der Waals surface area (Å²) >= 11 is 0. The lowest BCUT2D eigenvalue weighted by Crippen LogP contribution is -2.37. The Morgan fingerprint density at radius 1 is 1.19 bits per heavy atom. The highest BCUT2D eigenvalue weighted by molar-refractivity contribution is 5.95. The van der Waals surface area contributed by atoms with Gasteiger partial charge in [0.1, 0.15) is 19.1 Å². The minimum absolute atomic E-state index is 0.0738. The van der Waals surface area contributed by atoms with E-state index in [1.165, 1.54) is 6.08 Å². The minimum atomic E-state index is -0.291. The molecular formula is C25H30N4O3. The van der Waals surface area contributed by atoms with Gasteiger partial charge in [0, 0.05) is 6.61 Å². The molecule has 7 heteroatoms. The van der Waals surface area contributed by atoms with Crippen LogP contribution in [0.2, 0.25) is 0 Å². The summed E-state index contributed by atoms with van der Waals surface area (Å²) in [4.78, 5) is 31.7. The molecule has 2 aromatic carbocycles. The summed E-state index contributed by atoms with van der Waals surface area (Å²) in [6.07, 6.45) is 2.02. The number of hydrogen-bond acceptors (Lipinski definition) is 4. The van der Waals surface area contributed by atoms with Crippen molar-refractivity contribution in [1.82, 2.24) is 14.9 Å². The maximum absolute atomic E-state index is 13.6. The Kier molecular flexibility index (Phi) is 7.78. The average Bonchev–Trinajstić information content (AvgIpc) is 3.15. The van der Waals surface area contributed by atoms with Gasteiger partial charge in [0.25, 0.3) is 0 Å². The molecule has 3 rings (SSSR count). The van der Waals surface area contributed by atoms with E-state index in [2.05, 4.69) is 23.8 Å². The molecule has 2 amide bonds. The second-order valence-corrected chi connectivity index (χ2v) is 7.40. The SMILES string of the molecule is C=CC(=O)NCc1nc2ccccc2n1CC(=O)N(COCC)c1c(C)cccc1CC. The van der Waals surface area contributed by atoms with Crippen molar-refractivity contribution >= 4 is 28.5 Å². The van der Waals surface area contributed by atoms with E-state index in [4.69, 9.17) is 4.74 Å². The van der Waals surface area contributed by atoms with Crippen LogP contribution in [0.25, 0.3) is 11.0 Å². The van der Waals surface area contributed by atoms with Gasteiger partial charge in [0.05, 0.1) is 23.3 Å². The summed E-state index contributed by atoms with van der Waals surface area (Å²) in [6, 6.07) is 13.7. The lowest BCUT2D eigenvalue weighted by Gasteiger charge is -2.27. The molecular weight excluding hydrogens is 404 g/mol. The molecule has 0 saturated heterocycles. The van der Waals surface area contributed by atoms with Crippen LogP contribution < -0.4 is 10.2 Å². The molecule has 0 radical (unpaired) electrons. The topological polar surface area (TPSA) is 76.5 Å². The molecule has 32 heavy (non-hydrogen) atoms. The highest BCUT2D eigenvalue weighted by Crippen LogP contribution is 2.27. The fourth-order valence-corrected chi connectivity index (χ4v) is 3.73. The number of fused-ring (bicyclic) bond motifs is 1. The Labute approximate surface area is 188 Å². The van der Waals surface area contributed by atoms with E-state index in [1.807, 2.05) is 60.9 Å². The van der Waals surface area contributed by atoms with Crippen molar-refractivity contribution in [2.24, 2.45) is 0 Å². The summed E-state index contributed by atoms with van der Waals surface area (Å²) in [5, 5.41) is 2.76. The van der Waals surface area contributed by atoms with Gasteiger partial charge in [-0.1, -0.05) is 43.8 Å². The van der Waals surface area contributed by atoms with Gasteiger partial charge < -0.3 is 14.6 Å². The zero-order chi connectivity index (χ0) is 23.1. The molecule has 0 fully saturated rings. The van der Waals surface area contributed by atoms with Gasteiger partial charge in [0.15, 0.2) is 0 Å². The van der Waals surface area contributed by atoms with Crippen LogP contribution in [0.1, 0.15) is 30.8 Å². The predicted octanol–water partition coefficient (Wildman–Crippen LogP) is 3.74. The molecule has 1 heterocycles. The number of rotatable bonds is 10. The minimum Gasteiger partial charge on any atom is -0.361 e. The fourth-order valence-electron chi connectivity index (χ4n) is 3.73. The normalized spacial score (nSPS) is 10.8. The highest BCUT2D eigenvalue weighted by atomic mass is 16.5. The second-order valence-electron chi connectivity index (χ2n) is 7.40. The van der Waals surface area contributed by atoms with Gasteiger partial charge in [-0.05, 0) is 49.6 Å². The van der Waals surface area contributed by atoms with Crippen molar-refractivity contribution in [2.45, 2.75) is 40.3 Å². The van der Waals surface area contributed by atoms with E-state index in [0.29, 0.717) is 12.4 Å². The molecule has 0 aliphatic carbocycles. The molecule has 0 spiro atoms. The number of aryl methyl sites for hydroxylation is 2. The third kappa shape index (κ3) is 5.06. The van der Waals surface area contributed by atoms with Crippen molar-refractivity contribution in [1.29, 1.82) is 0 Å². The van der Waals surface area contributed by atoms with Gasteiger partial charge in [0.2, 0.25) is 11.8 Å². The monoisotopic (exact) mass is 434 g/mol. The predicted molar refractivity (Wildman–Crippen MR) is 126 cm³/mol. The molecule has 168 valence electrons. The molecule has 7 nitrogen and oxygen atoms in total. The largest absolute Gasteiger partial charge is 0.361 e. The molecule has 0 bridgehead atoms. The van der Waals surface area contributed by atoms with Crippen LogP contribution in [0.4, 0.5) is 5.69 Å². The summed E-state index contributed by atoms with van der Waals surface area (Å²) in [7, 11) is 0. The Morgan fingerprint density at radius 3 is 2.69 bits per heavy atom.